The van der Waals surface area contributed by atoms with Crippen LogP contribution in [0.5, 0.6) is 0 Å². The number of ether oxygens (including phenoxy) is 2. The summed E-state index contributed by atoms with van der Waals surface area (Å²) in [4.78, 5) is 66.7. The van der Waals surface area contributed by atoms with Crippen molar-refractivity contribution in [2.45, 2.75) is 79.9 Å². The average Bonchev–Trinajstić information content (AvgIpc) is 3.90. The number of nitrogens with one attached hydrogen (secondary N) is 5. The summed E-state index contributed by atoms with van der Waals surface area (Å²) in [6.45, 7) is 15.6. The molecule has 3 amide bonds. The maximum Gasteiger partial charge on any atom is 0.407 e. The van der Waals surface area contributed by atoms with Gasteiger partial charge in [-0.2, -0.15) is 0 Å². The highest BCUT2D eigenvalue weighted by atomic mass is 16.5. The molecule has 308 valence electrons. The van der Waals surface area contributed by atoms with Crippen LogP contribution in [0.3, 0.4) is 0 Å². The molecule has 0 saturated carbocycles. The summed E-state index contributed by atoms with van der Waals surface area (Å²) < 4.78 is 9.54. The Kier molecular flexibility index (Phi) is 14.1. The van der Waals surface area contributed by atoms with E-state index in [0.29, 0.717) is 11.6 Å². The van der Waals surface area contributed by atoms with Crippen LogP contribution in [0.2, 0.25) is 0 Å². The second kappa shape index (κ2) is 19.0. The third kappa shape index (κ3) is 10.3. The van der Waals surface area contributed by atoms with Crippen LogP contribution in [0.1, 0.15) is 85.5 Å². The zero-order valence-electron chi connectivity index (χ0n) is 35.1. The van der Waals surface area contributed by atoms with Crippen molar-refractivity contribution in [1.82, 2.24) is 35.9 Å². The van der Waals surface area contributed by atoms with E-state index in [1.165, 1.54) is 14.2 Å². The predicted octanol–water partition coefficient (Wildman–Crippen LogP) is 8.13. The molecule has 13 nitrogen and oxygen atoms in total. The van der Waals surface area contributed by atoms with Crippen molar-refractivity contribution in [1.29, 1.82) is 0 Å². The highest BCUT2D eigenvalue weighted by Gasteiger charge is 2.31. The number of H-pyrrole nitrogens is 2. The number of benzene rings is 3. The van der Waals surface area contributed by atoms with Gasteiger partial charge in [0, 0.05) is 23.5 Å². The standard InChI is InChI=1S/C45H57N7O6/c1-24(2)34(21-37(53)57-9)43(54)50-38(25(3)4)41-47-23-36(49-41)33-18-17-31-19-30(15-16-32(31)20-33)28-11-13-29(14-12-28)35-22-46-42(48-35)39(26(5)6)51-44(55)40(27(7)8)52-45(56)58-10/h11-20,22-27,34,38-40H,21H2,1-10H3,(H,46,48)(H,47,49)(H,50,54)(H,51,55)(H,52,56)/t34-,38-,39-,40-/m0/s1. The SMILES string of the molecule is COC(=O)C[C@H](C(=O)N[C@H](c1nc(-c2ccc3cc(-c4ccc(-c5c[nH]c([C@@H](NC(=O)[C@@H](NC(=O)OC)C(C)C)C(C)C)n5)cc4)ccc3c2)c[nH]1)C(C)C)C(C)C. The predicted molar refractivity (Wildman–Crippen MR) is 225 cm³/mol. The molecule has 0 aliphatic heterocycles. The molecule has 0 spiro atoms. The summed E-state index contributed by atoms with van der Waals surface area (Å²) in [7, 11) is 2.60. The monoisotopic (exact) mass is 791 g/mol. The van der Waals surface area contributed by atoms with E-state index in [0.717, 1.165) is 44.4 Å². The molecule has 2 aromatic heterocycles. The summed E-state index contributed by atoms with van der Waals surface area (Å²) in [5.74, 6) is -0.261. The quantitative estimate of drug-likeness (QED) is 0.0622. The molecule has 0 aliphatic carbocycles. The van der Waals surface area contributed by atoms with Gasteiger partial charge in [0.15, 0.2) is 0 Å². The van der Waals surface area contributed by atoms with Crippen LogP contribution in [-0.2, 0) is 23.9 Å². The van der Waals surface area contributed by atoms with Crippen molar-refractivity contribution in [2.24, 2.45) is 29.6 Å². The molecular weight excluding hydrogens is 735 g/mol. The third-order valence-electron chi connectivity index (χ3n) is 10.5. The first kappa shape index (κ1) is 43.1. The van der Waals surface area contributed by atoms with Crippen LogP contribution < -0.4 is 16.0 Å². The van der Waals surface area contributed by atoms with E-state index in [-0.39, 0.29) is 47.9 Å². The molecule has 0 aliphatic rings. The molecule has 58 heavy (non-hydrogen) atoms. The molecular formula is C45H57N7O6. The lowest BCUT2D eigenvalue weighted by molar-refractivity contribution is -0.145. The van der Waals surface area contributed by atoms with Crippen LogP contribution >= 0.6 is 0 Å². The van der Waals surface area contributed by atoms with Crippen LogP contribution in [0.4, 0.5) is 4.79 Å². The fourth-order valence-electron chi connectivity index (χ4n) is 6.93. The molecule has 0 unspecified atom stereocenters. The lowest BCUT2D eigenvalue weighted by atomic mass is 9.90. The van der Waals surface area contributed by atoms with Crippen molar-refractivity contribution in [3.8, 4) is 33.6 Å². The van der Waals surface area contributed by atoms with Gasteiger partial charge in [-0.15, -0.1) is 0 Å². The number of methoxy groups -OCH3 is 2. The number of amides is 3. The summed E-state index contributed by atoms with van der Waals surface area (Å²) in [6, 6.07) is 19.3. The minimum atomic E-state index is -0.757. The number of hydrogen-bond donors (Lipinski definition) is 5. The number of nitrogens with zero attached hydrogens (tertiary/aromatic N) is 2. The maximum absolute atomic E-state index is 13.3. The van der Waals surface area contributed by atoms with E-state index in [4.69, 9.17) is 19.4 Å². The smallest absolute Gasteiger partial charge is 0.407 e. The van der Waals surface area contributed by atoms with Gasteiger partial charge in [0.1, 0.15) is 17.7 Å². The lowest BCUT2D eigenvalue weighted by Gasteiger charge is -2.26. The van der Waals surface area contributed by atoms with Crippen LogP contribution in [0.15, 0.2) is 73.1 Å². The number of carbonyl (C=O) groups excluding carboxylic acids is 4. The van der Waals surface area contributed by atoms with E-state index in [9.17, 15) is 19.2 Å². The van der Waals surface area contributed by atoms with E-state index >= 15 is 0 Å². The van der Waals surface area contributed by atoms with Gasteiger partial charge in [0.2, 0.25) is 11.8 Å². The normalized spacial score (nSPS) is 13.7. The number of rotatable bonds is 16. The fourth-order valence-corrected chi connectivity index (χ4v) is 6.93. The average molecular weight is 792 g/mol. The van der Waals surface area contributed by atoms with Gasteiger partial charge in [0.25, 0.3) is 0 Å². The third-order valence-corrected chi connectivity index (χ3v) is 10.5. The van der Waals surface area contributed by atoms with Gasteiger partial charge in [0.05, 0.1) is 50.0 Å². The first-order chi connectivity index (χ1) is 27.6. The van der Waals surface area contributed by atoms with Gasteiger partial charge in [-0.05, 0) is 57.7 Å². The molecule has 5 aromatic rings. The number of aromatic amines is 2. The molecule has 0 bridgehead atoms. The fraction of sp³-hybridized carbons (Fsp3) is 0.422. The van der Waals surface area contributed by atoms with E-state index in [1.54, 1.807) is 0 Å². The Morgan fingerprint density at radius 1 is 0.569 bits per heavy atom. The topological polar surface area (TPSA) is 180 Å². The summed E-state index contributed by atoms with van der Waals surface area (Å²) in [5, 5.41) is 11.0. The van der Waals surface area contributed by atoms with E-state index in [1.807, 2.05) is 86.0 Å². The first-order valence-corrected chi connectivity index (χ1v) is 19.9. The summed E-state index contributed by atoms with van der Waals surface area (Å²) >= 11 is 0. The Bertz CT molecular complexity index is 2200. The lowest BCUT2D eigenvalue weighted by Crippen LogP contribution is -2.51. The molecule has 13 heteroatoms. The minimum Gasteiger partial charge on any atom is -0.469 e. The van der Waals surface area contributed by atoms with Gasteiger partial charge in [-0.3, -0.25) is 14.4 Å². The van der Waals surface area contributed by atoms with Crippen molar-refractivity contribution in [2.75, 3.05) is 14.2 Å². The molecule has 0 saturated heterocycles. The summed E-state index contributed by atoms with van der Waals surface area (Å²) in [6.07, 6.45) is 3.06. The second-order valence-corrected chi connectivity index (χ2v) is 16.1. The number of aromatic nitrogens is 4. The van der Waals surface area contributed by atoms with Gasteiger partial charge in [-0.25, -0.2) is 14.8 Å². The van der Waals surface area contributed by atoms with Crippen LogP contribution in [0.25, 0.3) is 44.4 Å². The number of imidazole rings is 2. The Morgan fingerprint density at radius 3 is 1.55 bits per heavy atom. The Balaban J connectivity index is 1.28. The molecule has 0 radical (unpaired) electrons. The zero-order chi connectivity index (χ0) is 42.3. The Hall–Kier alpha value is -5.98. The first-order valence-electron chi connectivity index (χ1n) is 19.9. The number of esters is 1. The highest BCUT2D eigenvalue weighted by molar-refractivity contribution is 5.91. The maximum atomic E-state index is 13.3. The summed E-state index contributed by atoms with van der Waals surface area (Å²) in [5.41, 5.74) is 5.52. The zero-order valence-corrected chi connectivity index (χ0v) is 35.1. The van der Waals surface area contributed by atoms with Crippen LogP contribution in [0, 0.1) is 29.6 Å². The van der Waals surface area contributed by atoms with Gasteiger partial charge in [-0.1, -0.05) is 104 Å². The van der Waals surface area contributed by atoms with Crippen molar-refractivity contribution in [3.63, 3.8) is 0 Å². The minimum absolute atomic E-state index is 0.0210. The van der Waals surface area contributed by atoms with Gasteiger partial charge < -0.3 is 35.4 Å². The number of hydrogen-bond acceptors (Lipinski definition) is 8. The van der Waals surface area contributed by atoms with Crippen LogP contribution in [-0.4, -0.2) is 64.1 Å². The van der Waals surface area contributed by atoms with Crippen molar-refractivity contribution in [3.05, 3.63) is 84.7 Å². The Labute approximate surface area is 340 Å². The number of carbonyl (C=O) groups is 4. The number of alkyl carbamates (subject to hydrolysis) is 1. The largest absolute Gasteiger partial charge is 0.469 e. The van der Waals surface area contributed by atoms with Crippen molar-refractivity contribution >= 4 is 34.6 Å². The highest BCUT2D eigenvalue weighted by Crippen LogP contribution is 2.31. The Morgan fingerprint density at radius 2 is 1.05 bits per heavy atom. The molecule has 5 rings (SSSR count). The second-order valence-electron chi connectivity index (χ2n) is 16.1. The van der Waals surface area contributed by atoms with Crippen molar-refractivity contribution < 1.29 is 28.7 Å². The number of fused-ring (bicyclic) bond motifs is 1. The molecule has 5 N–H and O–H groups in total. The molecule has 2 heterocycles. The molecule has 4 atom stereocenters. The van der Waals surface area contributed by atoms with Gasteiger partial charge >= 0.3 is 12.1 Å². The van der Waals surface area contributed by atoms with E-state index < -0.39 is 30.1 Å². The molecule has 0 fully saturated rings. The van der Waals surface area contributed by atoms with E-state index in [2.05, 4.69) is 68.4 Å². The molecule has 3 aromatic carbocycles.